The van der Waals surface area contributed by atoms with Crippen molar-refractivity contribution < 1.29 is 9.53 Å². The number of esters is 1. The van der Waals surface area contributed by atoms with Gasteiger partial charge in [-0.25, -0.2) is 14.5 Å². The molecule has 0 aliphatic rings. The lowest BCUT2D eigenvalue weighted by molar-refractivity contribution is 0.0461. The number of benzene rings is 1. The molecule has 3 heterocycles. The van der Waals surface area contributed by atoms with Crippen molar-refractivity contribution in [2.75, 3.05) is 0 Å². The Bertz CT molecular complexity index is 1210. The van der Waals surface area contributed by atoms with E-state index in [1.165, 1.54) is 4.68 Å². The molecule has 0 spiro atoms. The number of ether oxygens (including phenoxy) is 1. The molecular weight excluding hydrogens is 380 g/mol. The minimum Gasteiger partial charge on any atom is -0.454 e. The van der Waals surface area contributed by atoms with Crippen LogP contribution in [-0.4, -0.2) is 25.1 Å². The largest absolute Gasteiger partial charge is 0.454 e. The van der Waals surface area contributed by atoms with Gasteiger partial charge < -0.3 is 9.14 Å². The van der Waals surface area contributed by atoms with E-state index >= 15 is 0 Å². The highest BCUT2D eigenvalue weighted by Crippen LogP contribution is 2.16. The van der Waals surface area contributed by atoms with E-state index in [9.17, 15) is 9.59 Å². The van der Waals surface area contributed by atoms with Crippen LogP contribution in [0.15, 0.2) is 59.7 Å². The highest BCUT2D eigenvalue weighted by atomic mass is 16.5. The summed E-state index contributed by atoms with van der Waals surface area (Å²) in [5.41, 5.74) is 1.41. The predicted octanol–water partition coefficient (Wildman–Crippen LogP) is 3.98. The Kier molecular flexibility index (Phi) is 5.88. The zero-order chi connectivity index (χ0) is 20.9. The van der Waals surface area contributed by atoms with Gasteiger partial charge in [0, 0.05) is 24.3 Å². The molecule has 0 saturated carbocycles. The minimum atomic E-state index is -0.564. The van der Waals surface area contributed by atoms with Gasteiger partial charge in [0.25, 0.3) is 5.56 Å². The van der Waals surface area contributed by atoms with Crippen LogP contribution in [0.25, 0.3) is 16.4 Å². The molecule has 0 unspecified atom stereocenters. The average Bonchev–Trinajstić information content (AvgIpc) is 3.19. The van der Waals surface area contributed by atoms with Crippen LogP contribution < -0.4 is 5.56 Å². The number of fused-ring (bicyclic) bond motifs is 2. The van der Waals surface area contributed by atoms with Crippen LogP contribution in [0.4, 0.5) is 0 Å². The molecule has 4 rings (SSSR count). The summed E-state index contributed by atoms with van der Waals surface area (Å²) in [5.74, 6) is -0.564. The fraction of sp³-hybridized carbons (Fsp3) is 0.304. The van der Waals surface area contributed by atoms with Gasteiger partial charge in [0.2, 0.25) is 0 Å². The number of aromatic nitrogens is 4. The lowest BCUT2D eigenvalue weighted by Crippen LogP contribution is -2.26. The molecule has 0 saturated heterocycles. The topological polar surface area (TPSA) is 78.5 Å². The molecule has 0 radical (unpaired) electrons. The molecule has 154 valence electrons. The van der Waals surface area contributed by atoms with E-state index in [-0.39, 0.29) is 17.9 Å². The number of pyridine rings is 1. The summed E-state index contributed by atoms with van der Waals surface area (Å²) in [7, 11) is 0. The molecule has 0 atom stereocenters. The molecule has 0 aliphatic carbocycles. The third-order valence-electron chi connectivity index (χ3n) is 5.05. The summed E-state index contributed by atoms with van der Waals surface area (Å²) in [5, 5.41) is 5.34. The van der Waals surface area contributed by atoms with Crippen LogP contribution in [0.2, 0.25) is 0 Å². The number of nitrogens with zero attached hydrogens (tertiary/aromatic N) is 4. The minimum absolute atomic E-state index is 0.0339. The van der Waals surface area contributed by atoms with Crippen LogP contribution in [0.3, 0.4) is 0 Å². The molecule has 4 aromatic rings. The second kappa shape index (κ2) is 8.90. The highest BCUT2D eigenvalue weighted by molar-refractivity contribution is 6.02. The van der Waals surface area contributed by atoms with E-state index in [1.807, 2.05) is 35.0 Å². The molecule has 0 N–H and O–H groups in total. The Labute approximate surface area is 173 Å². The van der Waals surface area contributed by atoms with E-state index in [2.05, 4.69) is 17.0 Å². The Morgan fingerprint density at radius 1 is 1.03 bits per heavy atom. The number of carbonyl (C=O) groups excluding carboxylic acids is 1. The van der Waals surface area contributed by atoms with Crippen LogP contribution in [-0.2, 0) is 17.9 Å². The average molecular weight is 404 g/mol. The zero-order valence-corrected chi connectivity index (χ0v) is 17.0. The van der Waals surface area contributed by atoms with E-state index in [0.29, 0.717) is 23.0 Å². The summed E-state index contributed by atoms with van der Waals surface area (Å²) >= 11 is 0. The number of rotatable bonds is 8. The van der Waals surface area contributed by atoms with E-state index in [0.717, 1.165) is 31.3 Å². The predicted molar refractivity (Wildman–Crippen MR) is 114 cm³/mol. The van der Waals surface area contributed by atoms with Gasteiger partial charge in [-0.15, -0.1) is 0 Å². The first-order chi connectivity index (χ1) is 14.7. The Morgan fingerprint density at radius 2 is 1.83 bits per heavy atom. The van der Waals surface area contributed by atoms with Gasteiger partial charge in [-0.05, 0) is 24.6 Å². The smallest absolute Gasteiger partial charge is 0.359 e. The van der Waals surface area contributed by atoms with Crippen LogP contribution >= 0.6 is 0 Å². The SMILES string of the molecule is CCCCCCn1nc(C(=O)OCc2cn3ccccc3n2)c2ccccc2c1=O. The third-order valence-corrected chi connectivity index (χ3v) is 5.05. The molecule has 30 heavy (non-hydrogen) atoms. The number of hydrogen-bond donors (Lipinski definition) is 0. The van der Waals surface area contributed by atoms with Crippen LogP contribution in [0, 0.1) is 0 Å². The Balaban J connectivity index is 1.58. The fourth-order valence-electron chi connectivity index (χ4n) is 3.49. The number of imidazole rings is 1. The second-order valence-corrected chi connectivity index (χ2v) is 7.26. The fourth-order valence-corrected chi connectivity index (χ4v) is 3.49. The number of carbonyl (C=O) groups is 1. The second-order valence-electron chi connectivity index (χ2n) is 7.26. The van der Waals surface area contributed by atoms with Crippen molar-refractivity contribution in [3.63, 3.8) is 0 Å². The lowest BCUT2D eigenvalue weighted by Gasteiger charge is -2.10. The molecule has 0 amide bonds. The van der Waals surface area contributed by atoms with Gasteiger partial charge >= 0.3 is 5.97 Å². The Hall–Kier alpha value is -3.48. The molecule has 0 aliphatic heterocycles. The molecule has 0 fully saturated rings. The van der Waals surface area contributed by atoms with E-state index in [4.69, 9.17) is 4.74 Å². The molecule has 3 aromatic heterocycles. The van der Waals surface area contributed by atoms with Crippen molar-refractivity contribution in [1.82, 2.24) is 19.2 Å². The first kappa shape index (κ1) is 19.8. The summed E-state index contributed by atoms with van der Waals surface area (Å²) in [6, 6.07) is 12.7. The normalized spacial score (nSPS) is 11.2. The molecule has 7 nitrogen and oxygen atoms in total. The van der Waals surface area contributed by atoms with Gasteiger partial charge in [-0.1, -0.05) is 50.5 Å². The van der Waals surface area contributed by atoms with Crippen molar-refractivity contribution in [2.45, 2.75) is 45.8 Å². The van der Waals surface area contributed by atoms with Gasteiger partial charge in [-0.3, -0.25) is 4.79 Å². The van der Waals surface area contributed by atoms with E-state index in [1.54, 1.807) is 24.3 Å². The number of unbranched alkanes of at least 4 members (excludes halogenated alkanes) is 3. The molecular formula is C23H24N4O3. The molecule has 0 bridgehead atoms. The van der Waals surface area contributed by atoms with Crippen molar-refractivity contribution in [3.8, 4) is 0 Å². The first-order valence-electron chi connectivity index (χ1n) is 10.3. The summed E-state index contributed by atoms with van der Waals surface area (Å²) in [4.78, 5) is 30.1. The van der Waals surface area contributed by atoms with Gasteiger partial charge in [-0.2, -0.15) is 5.10 Å². The number of aryl methyl sites for hydroxylation is 1. The summed E-state index contributed by atoms with van der Waals surface area (Å²) < 4.78 is 8.75. The quantitative estimate of drug-likeness (QED) is 0.328. The van der Waals surface area contributed by atoms with Gasteiger partial charge in [0.05, 0.1) is 11.1 Å². The van der Waals surface area contributed by atoms with Crippen LogP contribution in [0.5, 0.6) is 0 Å². The van der Waals surface area contributed by atoms with Gasteiger partial charge in [0.1, 0.15) is 12.3 Å². The molecule has 1 aromatic carbocycles. The highest BCUT2D eigenvalue weighted by Gasteiger charge is 2.18. The molecule has 7 heteroatoms. The maximum Gasteiger partial charge on any atom is 0.359 e. The van der Waals surface area contributed by atoms with Gasteiger partial charge in [0.15, 0.2) is 5.69 Å². The lowest BCUT2D eigenvalue weighted by atomic mass is 10.1. The summed E-state index contributed by atoms with van der Waals surface area (Å²) in [6.07, 6.45) is 7.79. The van der Waals surface area contributed by atoms with Crippen molar-refractivity contribution in [1.29, 1.82) is 0 Å². The number of hydrogen-bond acceptors (Lipinski definition) is 5. The maximum absolute atomic E-state index is 12.9. The first-order valence-corrected chi connectivity index (χ1v) is 10.3. The van der Waals surface area contributed by atoms with Crippen molar-refractivity contribution in [2.24, 2.45) is 0 Å². The summed E-state index contributed by atoms with van der Waals surface area (Å²) in [6.45, 7) is 2.65. The zero-order valence-electron chi connectivity index (χ0n) is 17.0. The monoisotopic (exact) mass is 404 g/mol. The maximum atomic E-state index is 12.9. The Morgan fingerprint density at radius 3 is 2.63 bits per heavy atom. The third kappa shape index (κ3) is 4.10. The van der Waals surface area contributed by atoms with E-state index < -0.39 is 5.97 Å². The van der Waals surface area contributed by atoms with Crippen molar-refractivity contribution >= 4 is 22.4 Å². The standard InChI is InChI=1S/C23H24N4O3/c1-2-3-4-8-14-27-22(28)19-11-6-5-10-18(19)21(25-27)23(29)30-16-17-15-26-13-9-7-12-20(26)24-17/h5-7,9-13,15H,2-4,8,14,16H2,1H3. The van der Waals surface area contributed by atoms with Crippen molar-refractivity contribution in [3.05, 3.63) is 76.6 Å². The van der Waals surface area contributed by atoms with Crippen LogP contribution in [0.1, 0.15) is 48.8 Å².